The third-order valence-corrected chi connectivity index (χ3v) is 9.61. The molecule has 41 heavy (non-hydrogen) atoms. The number of aliphatic imine (C=N–C) groups is 1. The monoisotopic (exact) mass is 594 g/mol. The predicted molar refractivity (Wildman–Crippen MR) is 158 cm³/mol. The number of halogens is 1. The number of aliphatic hydroxyl groups excluding tert-OH is 1. The summed E-state index contributed by atoms with van der Waals surface area (Å²) in [5, 5.41) is 10.5. The highest BCUT2D eigenvalue weighted by Crippen LogP contribution is 2.37. The molecule has 5 atom stereocenters. The number of fused-ring (bicyclic) bond motifs is 2. The fourth-order valence-corrected chi connectivity index (χ4v) is 7.34. The summed E-state index contributed by atoms with van der Waals surface area (Å²) in [5.41, 5.74) is 5.84. The second kappa shape index (κ2) is 10.8. The molecule has 2 N–H and O–H groups in total. The number of aliphatic hydroxyl groups is 1. The minimum absolute atomic E-state index is 0.252. The zero-order chi connectivity index (χ0) is 28.1. The fraction of sp³-hybridized carbons (Fsp3) is 0.400. The van der Waals surface area contributed by atoms with Gasteiger partial charge in [-0.25, -0.2) is 18.9 Å². The Morgan fingerprint density at radius 3 is 2.41 bits per heavy atom. The Hall–Kier alpha value is -2.86. The topological polar surface area (TPSA) is 115 Å². The number of ether oxygens (including phenoxy) is 3. The number of nitrogens with one attached hydrogen (secondary N) is 1. The summed E-state index contributed by atoms with van der Waals surface area (Å²) in [6.07, 6.45) is 3.82. The second-order valence-corrected chi connectivity index (χ2v) is 13.5. The van der Waals surface area contributed by atoms with Crippen LogP contribution in [0.2, 0.25) is 5.02 Å². The maximum absolute atomic E-state index is 12.8. The molecule has 0 radical (unpaired) electrons. The molecule has 3 fully saturated rings. The van der Waals surface area contributed by atoms with Gasteiger partial charge in [0.05, 0.1) is 47.4 Å². The van der Waals surface area contributed by atoms with Crippen LogP contribution in [0, 0.1) is 0 Å². The third-order valence-electron chi connectivity index (χ3n) is 7.99. The highest BCUT2D eigenvalue weighted by atomic mass is 35.5. The predicted octanol–water partition coefficient (Wildman–Crippen LogP) is 4.99. The van der Waals surface area contributed by atoms with E-state index in [1.54, 1.807) is 6.26 Å². The molecule has 2 aromatic carbocycles. The van der Waals surface area contributed by atoms with Crippen molar-refractivity contribution in [2.24, 2.45) is 9.36 Å². The molecule has 1 aromatic heterocycles. The van der Waals surface area contributed by atoms with E-state index in [1.807, 2.05) is 54.6 Å². The third kappa shape index (κ3) is 5.52. The number of nitrogens with zero attached hydrogens (tertiary/aromatic N) is 3. The van der Waals surface area contributed by atoms with Gasteiger partial charge in [-0.3, -0.25) is 0 Å². The van der Waals surface area contributed by atoms with Gasteiger partial charge in [-0.05, 0) is 42.2 Å². The van der Waals surface area contributed by atoms with Crippen molar-refractivity contribution >= 4 is 38.8 Å². The Balaban J connectivity index is 1.03. The number of aromatic nitrogens is 1. The molecule has 1 saturated carbocycles. The number of pyridine rings is 1. The smallest absolute Gasteiger partial charge is 0.195 e. The zero-order valence-corrected chi connectivity index (χ0v) is 24.1. The molecule has 3 aliphatic heterocycles. The van der Waals surface area contributed by atoms with Crippen molar-refractivity contribution < 1.29 is 23.5 Å². The van der Waals surface area contributed by atoms with E-state index in [9.17, 15) is 9.32 Å². The van der Waals surface area contributed by atoms with Crippen molar-refractivity contribution in [1.29, 1.82) is 0 Å². The molecule has 0 amide bonds. The Bertz CT molecular complexity index is 1620. The Morgan fingerprint density at radius 2 is 1.71 bits per heavy atom. The normalized spacial score (nSPS) is 26.6. The van der Waals surface area contributed by atoms with E-state index in [4.69, 9.17) is 30.8 Å². The van der Waals surface area contributed by atoms with Crippen LogP contribution < -0.4 is 4.72 Å². The minimum atomic E-state index is -2.46. The first-order chi connectivity index (χ1) is 19.8. The van der Waals surface area contributed by atoms with Gasteiger partial charge < -0.3 is 19.3 Å². The van der Waals surface area contributed by atoms with Gasteiger partial charge in [0.2, 0.25) is 0 Å². The highest BCUT2D eigenvalue weighted by Gasteiger charge is 2.49. The summed E-state index contributed by atoms with van der Waals surface area (Å²) in [5.74, 6) is 0.545. The first-order valence-electron chi connectivity index (χ1n) is 13.9. The van der Waals surface area contributed by atoms with Crippen LogP contribution in [-0.4, -0.2) is 70.1 Å². The molecule has 4 aliphatic rings. The van der Waals surface area contributed by atoms with Crippen molar-refractivity contribution in [3.63, 3.8) is 0 Å². The Morgan fingerprint density at radius 1 is 1.02 bits per heavy atom. The van der Waals surface area contributed by atoms with Crippen LogP contribution in [0.15, 0.2) is 64.0 Å². The van der Waals surface area contributed by atoms with Crippen LogP contribution in [0.5, 0.6) is 0 Å². The molecule has 0 bridgehead atoms. The molecular formula is C30H31ClN4O5S. The van der Waals surface area contributed by atoms with Crippen LogP contribution in [0.4, 0.5) is 11.4 Å². The van der Waals surface area contributed by atoms with Crippen molar-refractivity contribution in [1.82, 2.24) is 9.71 Å². The summed E-state index contributed by atoms with van der Waals surface area (Å²) in [7, 11) is -2.46. The molecule has 0 spiro atoms. The lowest BCUT2D eigenvalue weighted by molar-refractivity contribution is 0.00558. The lowest BCUT2D eigenvalue weighted by Crippen LogP contribution is -2.38. The summed E-state index contributed by atoms with van der Waals surface area (Å²) < 4.78 is 37.8. The van der Waals surface area contributed by atoms with E-state index in [-0.39, 0.29) is 24.9 Å². The van der Waals surface area contributed by atoms with E-state index < -0.39 is 16.0 Å². The standard InChI is InChI=1S/C30H31ClN4O5S/c1-41(37,34-20-3-2-4-20)35-21-11-9-18(10-12-21)17-5-7-19(8-6-17)28-22(31)13-23-24(33-28)14-27(32-23)40-26-16-39-29-25(36)15-38-30(26)29/h5-13,20,25-26,29-30,36H,2-4,14-16H2,1H3,(H,34,35,37)/t25-,26-,29-,30-,41?/m1/s1. The van der Waals surface area contributed by atoms with Gasteiger partial charge in [0.25, 0.3) is 0 Å². The quantitative estimate of drug-likeness (QED) is 0.416. The van der Waals surface area contributed by atoms with E-state index >= 15 is 0 Å². The number of benzene rings is 2. The SMILES string of the molecule is CS(=O)(=Nc1ccc(-c2ccc(-c3nc4c(cc3Cl)N=C(O[C@@H]3CO[C@H]5[C@@H]3OC[C@H]5O)C4)cc2)cc1)NC1CCC1. The van der Waals surface area contributed by atoms with E-state index in [2.05, 4.69) is 14.1 Å². The Kier molecular flexibility index (Phi) is 7.09. The van der Waals surface area contributed by atoms with Crippen molar-refractivity contribution in [3.8, 4) is 22.4 Å². The highest BCUT2D eigenvalue weighted by molar-refractivity contribution is 7.91. The van der Waals surface area contributed by atoms with Crippen molar-refractivity contribution in [3.05, 3.63) is 65.3 Å². The second-order valence-electron chi connectivity index (χ2n) is 11.1. The van der Waals surface area contributed by atoms with Gasteiger partial charge in [0.15, 0.2) is 12.0 Å². The largest absolute Gasteiger partial charge is 0.472 e. The molecule has 1 aliphatic carbocycles. The number of hydrogen-bond donors (Lipinski definition) is 2. The first-order valence-corrected chi connectivity index (χ1v) is 16.2. The van der Waals surface area contributed by atoms with Gasteiger partial charge in [-0.2, -0.15) is 4.36 Å². The van der Waals surface area contributed by atoms with Crippen LogP contribution in [-0.2, 0) is 30.5 Å². The average Bonchev–Trinajstić information content (AvgIpc) is 3.63. The lowest BCUT2D eigenvalue weighted by atomic mass is 9.94. The van der Waals surface area contributed by atoms with Crippen LogP contribution in [0.3, 0.4) is 0 Å². The maximum atomic E-state index is 12.8. The minimum Gasteiger partial charge on any atom is -0.472 e. The van der Waals surface area contributed by atoms with Gasteiger partial charge in [-0.15, -0.1) is 0 Å². The molecule has 3 aromatic rings. The Labute approximate surface area is 244 Å². The summed E-state index contributed by atoms with van der Waals surface area (Å²) in [6, 6.07) is 18.0. The van der Waals surface area contributed by atoms with E-state index in [0.29, 0.717) is 47.1 Å². The first kappa shape index (κ1) is 27.0. The molecule has 7 rings (SSSR count). The molecular weight excluding hydrogens is 564 g/mol. The van der Waals surface area contributed by atoms with Crippen LogP contribution in [0.1, 0.15) is 25.0 Å². The number of hydrogen-bond acceptors (Lipinski definition) is 8. The lowest BCUT2D eigenvalue weighted by Gasteiger charge is -2.26. The van der Waals surface area contributed by atoms with Crippen molar-refractivity contribution in [2.45, 2.75) is 56.1 Å². The van der Waals surface area contributed by atoms with Gasteiger partial charge in [0, 0.05) is 17.9 Å². The summed E-state index contributed by atoms with van der Waals surface area (Å²) >= 11 is 6.64. The van der Waals surface area contributed by atoms with Gasteiger partial charge >= 0.3 is 0 Å². The molecule has 214 valence electrons. The van der Waals surface area contributed by atoms with E-state index in [0.717, 1.165) is 35.2 Å². The van der Waals surface area contributed by atoms with Gasteiger partial charge in [-0.1, -0.05) is 54.4 Å². The molecule has 11 heteroatoms. The van der Waals surface area contributed by atoms with Crippen LogP contribution >= 0.6 is 11.6 Å². The van der Waals surface area contributed by atoms with Crippen molar-refractivity contribution in [2.75, 3.05) is 19.5 Å². The van der Waals surface area contributed by atoms with E-state index in [1.165, 1.54) is 6.42 Å². The zero-order valence-electron chi connectivity index (χ0n) is 22.5. The summed E-state index contributed by atoms with van der Waals surface area (Å²) in [6.45, 7) is 0.601. The number of rotatable bonds is 6. The molecule has 1 unspecified atom stereocenters. The van der Waals surface area contributed by atoms with Crippen LogP contribution in [0.25, 0.3) is 22.4 Å². The molecule has 4 heterocycles. The molecule has 9 nitrogen and oxygen atoms in total. The maximum Gasteiger partial charge on any atom is 0.195 e. The molecule has 2 saturated heterocycles. The average molecular weight is 595 g/mol. The van der Waals surface area contributed by atoms with Gasteiger partial charge in [0.1, 0.15) is 28.2 Å². The summed E-state index contributed by atoms with van der Waals surface area (Å²) in [4.78, 5) is 9.42. The fourth-order valence-electron chi connectivity index (χ4n) is 5.65.